The number of carbonyl (C=O) groups is 1. The lowest BCUT2D eigenvalue weighted by Crippen LogP contribution is -2.47. The second kappa shape index (κ2) is 6.81. The summed E-state index contributed by atoms with van der Waals surface area (Å²) in [5.41, 5.74) is -0.654. The summed E-state index contributed by atoms with van der Waals surface area (Å²) in [6.07, 6.45) is 3.50. The smallest absolute Gasteiger partial charge is 0.403 e. The molecule has 0 N–H and O–H groups in total. The third kappa shape index (κ3) is 3.66. The largest absolute Gasteiger partial charge is 0.463 e. The summed E-state index contributed by atoms with van der Waals surface area (Å²) >= 11 is 0. The van der Waals surface area contributed by atoms with E-state index in [1.165, 1.54) is 0 Å². The first-order chi connectivity index (χ1) is 11.7. The molecule has 3 aliphatic heterocycles. The number of hydrogen-bond donors (Lipinski definition) is 0. The van der Waals surface area contributed by atoms with E-state index in [1.54, 1.807) is 0 Å². The molecule has 3 aliphatic rings. The van der Waals surface area contributed by atoms with E-state index in [9.17, 15) is 4.79 Å². The maximum Gasteiger partial charge on any atom is 0.463 e. The molecule has 0 radical (unpaired) electrons. The van der Waals surface area contributed by atoms with Crippen molar-refractivity contribution >= 4 is 13.1 Å². The van der Waals surface area contributed by atoms with Crippen LogP contribution in [0.3, 0.4) is 0 Å². The molecule has 0 spiro atoms. The summed E-state index contributed by atoms with van der Waals surface area (Å²) < 4.78 is 12.3. The van der Waals surface area contributed by atoms with Crippen LogP contribution >= 0.6 is 0 Å². The summed E-state index contributed by atoms with van der Waals surface area (Å²) in [7, 11) is -0.240. The van der Waals surface area contributed by atoms with Crippen LogP contribution in [0.5, 0.6) is 0 Å². The molecular weight excluding hydrogens is 317 g/mol. The number of likely N-dealkylation sites (tertiary alicyclic amines) is 2. The first-order valence-electron chi connectivity index (χ1n) is 9.50. The summed E-state index contributed by atoms with van der Waals surface area (Å²) in [6, 6.07) is 2.35. The Bertz CT molecular complexity index is 544. The highest BCUT2D eigenvalue weighted by atomic mass is 16.7. The summed E-state index contributed by atoms with van der Waals surface area (Å²) in [6.45, 7) is 11.2. The zero-order chi connectivity index (χ0) is 18.2. The Hall–Kier alpha value is -1.26. The third-order valence-corrected chi connectivity index (χ3v) is 6.32. The Kier molecular flexibility index (Phi) is 5.05. The van der Waals surface area contributed by atoms with Crippen LogP contribution in [0.2, 0.25) is 5.82 Å². The standard InChI is InChI=1S/C18H30BN3O3/c1-17(2)18(3,4)25-19(24-17)15-8-11-22(13-15)16(23)21-10-5-6-14(12-21)7-9-20/h14-15H,5-8,10-13H2,1-4H3. The zero-order valence-electron chi connectivity index (χ0n) is 16.0. The van der Waals surface area contributed by atoms with Gasteiger partial charge in [0.15, 0.2) is 0 Å². The van der Waals surface area contributed by atoms with Crippen LogP contribution in [0.1, 0.15) is 53.4 Å². The van der Waals surface area contributed by atoms with Gasteiger partial charge in [-0.15, -0.1) is 0 Å². The van der Waals surface area contributed by atoms with Crippen molar-refractivity contribution in [1.29, 1.82) is 5.26 Å². The molecule has 0 bridgehead atoms. The topological polar surface area (TPSA) is 65.8 Å². The number of rotatable bonds is 2. The highest BCUT2D eigenvalue weighted by molar-refractivity contribution is 6.47. The van der Waals surface area contributed by atoms with E-state index in [-0.39, 0.29) is 30.2 Å². The van der Waals surface area contributed by atoms with E-state index in [2.05, 4.69) is 33.8 Å². The maximum atomic E-state index is 12.9. The Balaban J connectivity index is 1.56. The minimum Gasteiger partial charge on any atom is -0.403 e. The van der Waals surface area contributed by atoms with Crippen molar-refractivity contribution in [2.45, 2.75) is 70.4 Å². The Morgan fingerprint density at radius 2 is 1.76 bits per heavy atom. The van der Waals surface area contributed by atoms with Gasteiger partial charge in [-0.3, -0.25) is 0 Å². The van der Waals surface area contributed by atoms with Crippen molar-refractivity contribution in [2.75, 3.05) is 26.2 Å². The average molecular weight is 347 g/mol. The first-order valence-corrected chi connectivity index (χ1v) is 9.50. The average Bonchev–Trinajstić information content (AvgIpc) is 3.10. The number of piperidine rings is 1. The molecule has 2 atom stereocenters. The molecule has 25 heavy (non-hydrogen) atoms. The predicted octanol–water partition coefficient (Wildman–Crippen LogP) is 2.90. The Labute approximate surface area is 151 Å². The lowest BCUT2D eigenvalue weighted by Gasteiger charge is -2.34. The van der Waals surface area contributed by atoms with Gasteiger partial charge in [-0.1, -0.05) is 0 Å². The molecule has 3 saturated heterocycles. The normalized spacial score (nSPS) is 31.2. The van der Waals surface area contributed by atoms with Gasteiger partial charge in [-0.05, 0) is 52.9 Å². The highest BCUT2D eigenvalue weighted by Gasteiger charge is 2.55. The molecule has 6 nitrogen and oxygen atoms in total. The van der Waals surface area contributed by atoms with Crippen molar-refractivity contribution < 1.29 is 14.1 Å². The van der Waals surface area contributed by atoms with Gasteiger partial charge < -0.3 is 19.1 Å². The number of urea groups is 1. The van der Waals surface area contributed by atoms with Crippen LogP contribution in [0, 0.1) is 17.2 Å². The van der Waals surface area contributed by atoms with Gasteiger partial charge in [0.05, 0.1) is 17.3 Å². The maximum absolute atomic E-state index is 12.9. The van der Waals surface area contributed by atoms with Crippen molar-refractivity contribution in [3.63, 3.8) is 0 Å². The van der Waals surface area contributed by atoms with Crippen LogP contribution in [0.4, 0.5) is 4.79 Å². The lowest BCUT2D eigenvalue weighted by molar-refractivity contribution is 0.00578. The molecule has 3 fully saturated rings. The molecule has 138 valence electrons. The van der Waals surface area contributed by atoms with Gasteiger partial charge in [0.2, 0.25) is 0 Å². The van der Waals surface area contributed by atoms with Gasteiger partial charge >= 0.3 is 13.1 Å². The van der Waals surface area contributed by atoms with Crippen molar-refractivity contribution in [2.24, 2.45) is 5.92 Å². The SMILES string of the molecule is CC1(C)OB(C2CCN(C(=O)N3CCCC(CC#N)C3)C2)OC1(C)C. The Morgan fingerprint density at radius 3 is 2.40 bits per heavy atom. The fourth-order valence-corrected chi connectivity index (χ4v) is 4.00. The van der Waals surface area contributed by atoms with Crippen LogP contribution in [0.25, 0.3) is 0 Å². The van der Waals surface area contributed by atoms with Gasteiger partial charge in [0, 0.05) is 38.4 Å². The molecule has 0 aliphatic carbocycles. The van der Waals surface area contributed by atoms with Crippen LogP contribution < -0.4 is 0 Å². The van der Waals surface area contributed by atoms with Crippen molar-refractivity contribution in [1.82, 2.24) is 9.80 Å². The molecule has 7 heteroatoms. The molecule has 2 amide bonds. The van der Waals surface area contributed by atoms with Crippen LogP contribution in [-0.4, -0.2) is 60.3 Å². The van der Waals surface area contributed by atoms with E-state index in [0.717, 1.165) is 32.4 Å². The molecule has 0 aromatic heterocycles. The molecule has 2 unspecified atom stereocenters. The fraction of sp³-hybridized carbons (Fsp3) is 0.889. The monoisotopic (exact) mass is 347 g/mol. The number of nitriles is 1. The van der Waals surface area contributed by atoms with E-state index >= 15 is 0 Å². The van der Waals surface area contributed by atoms with Crippen molar-refractivity contribution in [3.8, 4) is 6.07 Å². The molecule has 3 rings (SSSR count). The zero-order valence-corrected chi connectivity index (χ0v) is 16.0. The van der Waals surface area contributed by atoms with E-state index in [4.69, 9.17) is 14.6 Å². The van der Waals surface area contributed by atoms with E-state index in [0.29, 0.717) is 25.4 Å². The molecule has 3 heterocycles. The highest BCUT2D eigenvalue weighted by Crippen LogP contribution is 2.42. The lowest BCUT2D eigenvalue weighted by atomic mass is 9.71. The van der Waals surface area contributed by atoms with Gasteiger partial charge in [-0.25, -0.2) is 4.79 Å². The molecular formula is C18H30BN3O3. The van der Waals surface area contributed by atoms with Gasteiger partial charge in [-0.2, -0.15) is 5.26 Å². The fourth-order valence-electron chi connectivity index (χ4n) is 4.00. The quantitative estimate of drug-likeness (QED) is 0.721. The molecule has 0 aromatic carbocycles. The molecule has 0 saturated carbocycles. The molecule has 0 aromatic rings. The second-order valence-corrected chi connectivity index (χ2v) is 8.72. The number of nitrogens with zero attached hydrogens (tertiary/aromatic N) is 3. The third-order valence-electron chi connectivity index (χ3n) is 6.32. The summed E-state index contributed by atoms with van der Waals surface area (Å²) in [4.78, 5) is 16.7. The predicted molar refractivity (Wildman–Crippen MR) is 95.9 cm³/mol. The number of carbonyl (C=O) groups excluding carboxylic acids is 1. The Morgan fingerprint density at radius 1 is 1.12 bits per heavy atom. The summed E-state index contributed by atoms with van der Waals surface area (Å²) in [5, 5.41) is 8.90. The summed E-state index contributed by atoms with van der Waals surface area (Å²) in [5.74, 6) is 0.550. The van der Waals surface area contributed by atoms with Crippen molar-refractivity contribution in [3.05, 3.63) is 0 Å². The minimum absolute atomic E-state index is 0.113. The van der Waals surface area contributed by atoms with Crippen LogP contribution in [0.15, 0.2) is 0 Å². The van der Waals surface area contributed by atoms with Gasteiger partial charge in [0.1, 0.15) is 0 Å². The van der Waals surface area contributed by atoms with E-state index in [1.807, 2.05) is 9.80 Å². The number of hydrogen-bond acceptors (Lipinski definition) is 4. The second-order valence-electron chi connectivity index (χ2n) is 8.72. The van der Waals surface area contributed by atoms with E-state index < -0.39 is 0 Å². The minimum atomic E-state index is -0.327. The number of amides is 2. The first kappa shape index (κ1) is 18.5. The van der Waals surface area contributed by atoms with Crippen LogP contribution in [-0.2, 0) is 9.31 Å². The van der Waals surface area contributed by atoms with Gasteiger partial charge in [0.25, 0.3) is 0 Å².